The van der Waals surface area contributed by atoms with E-state index in [1.165, 1.54) is 0 Å². The second-order valence-electron chi connectivity index (χ2n) is 4.44. The zero-order chi connectivity index (χ0) is 15.0. The topological polar surface area (TPSA) is 76.9 Å². The van der Waals surface area contributed by atoms with E-state index in [2.05, 4.69) is 11.1 Å². The minimum Gasteiger partial charge on any atom is -0.495 e. The molecule has 21 heavy (non-hydrogen) atoms. The molecule has 2 N–H and O–H groups in total. The van der Waals surface area contributed by atoms with Crippen molar-refractivity contribution in [3.8, 4) is 17.5 Å². The molecule has 0 unspecified atom stereocenters. The molecule has 0 aliphatic carbocycles. The van der Waals surface area contributed by atoms with Crippen LogP contribution in [0.3, 0.4) is 0 Å². The van der Waals surface area contributed by atoms with Crippen LogP contribution in [0.25, 0.3) is 16.7 Å². The minimum atomic E-state index is 0.337. The molecule has 0 saturated carbocycles. The quantitative estimate of drug-likeness (QED) is 0.788. The maximum atomic E-state index is 9.04. The number of nitriles is 1. The molecule has 104 valence electrons. The lowest BCUT2D eigenvalue weighted by Gasteiger charge is -2.09. The zero-order valence-electron chi connectivity index (χ0n) is 11.2. The molecular weight excluding hydrogens is 288 g/mol. The van der Waals surface area contributed by atoms with Gasteiger partial charge in [-0.3, -0.25) is 4.57 Å². The number of rotatable bonds is 2. The summed E-state index contributed by atoms with van der Waals surface area (Å²) in [7, 11) is 1.55. The number of nitrogens with two attached hydrogens (primary N) is 1. The van der Waals surface area contributed by atoms with E-state index in [1.807, 2.05) is 6.07 Å². The number of nitrogen functional groups attached to an aromatic ring is 1. The SMILES string of the molecule is COc1cc(-n2c(N)nc3ccc(C#N)cc32)ccc1Cl. The van der Waals surface area contributed by atoms with E-state index in [-0.39, 0.29) is 0 Å². The van der Waals surface area contributed by atoms with Gasteiger partial charge in [-0.2, -0.15) is 5.26 Å². The van der Waals surface area contributed by atoms with Crippen LogP contribution < -0.4 is 10.5 Å². The van der Waals surface area contributed by atoms with Crippen LogP contribution in [0.1, 0.15) is 5.56 Å². The summed E-state index contributed by atoms with van der Waals surface area (Å²) in [5, 5.41) is 9.55. The number of fused-ring (bicyclic) bond motifs is 1. The fourth-order valence-corrected chi connectivity index (χ4v) is 2.42. The number of aromatic nitrogens is 2. The molecule has 5 nitrogen and oxygen atoms in total. The molecule has 0 radical (unpaired) electrons. The Kier molecular flexibility index (Phi) is 3.16. The van der Waals surface area contributed by atoms with Gasteiger partial charge in [-0.05, 0) is 30.3 Å². The van der Waals surface area contributed by atoms with E-state index in [0.717, 1.165) is 16.7 Å². The number of methoxy groups -OCH3 is 1. The number of hydrogen-bond acceptors (Lipinski definition) is 4. The van der Waals surface area contributed by atoms with Gasteiger partial charge in [0.15, 0.2) is 0 Å². The normalized spacial score (nSPS) is 10.5. The number of nitrogens with zero attached hydrogens (tertiary/aromatic N) is 3. The third-order valence-electron chi connectivity index (χ3n) is 3.20. The Hall–Kier alpha value is -2.71. The number of ether oxygens (including phenoxy) is 1. The van der Waals surface area contributed by atoms with Crippen LogP contribution in [0.5, 0.6) is 5.75 Å². The molecular formula is C15H11ClN4O. The molecule has 2 aromatic carbocycles. The molecule has 0 bridgehead atoms. The van der Waals surface area contributed by atoms with Crippen molar-refractivity contribution in [3.05, 3.63) is 47.0 Å². The van der Waals surface area contributed by atoms with Crippen molar-refractivity contribution in [2.75, 3.05) is 12.8 Å². The largest absolute Gasteiger partial charge is 0.495 e. The standard InChI is InChI=1S/C15H11ClN4O/c1-21-14-7-10(3-4-11(14)16)20-13-6-9(8-17)2-5-12(13)19-15(20)18/h2-7H,1H3,(H2,18,19). The second-order valence-corrected chi connectivity index (χ2v) is 4.85. The van der Waals surface area contributed by atoms with E-state index in [4.69, 9.17) is 27.3 Å². The molecule has 0 amide bonds. The van der Waals surface area contributed by atoms with E-state index >= 15 is 0 Å². The highest BCUT2D eigenvalue weighted by Gasteiger charge is 2.12. The highest BCUT2D eigenvalue weighted by molar-refractivity contribution is 6.32. The van der Waals surface area contributed by atoms with Gasteiger partial charge in [0.05, 0.1) is 40.5 Å². The molecule has 0 aliphatic rings. The number of halogens is 1. The van der Waals surface area contributed by atoms with Gasteiger partial charge in [-0.25, -0.2) is 4.98 Å². The van der Waals surface area contributed by atoms with E-state index in [0.29, 0.717) is 22.3 Å². The van der Waals surface area contributed by atoms with Gasteiger partial charge in [0.2, 0.25) is 5.95 Å². The van der Waals surface area contributed by atoms with Crippen molar-refractivity contribution < 1.29 is 4.74 Å². The summed E-state index contributed by atoms with van der Waals surface area (Å²) < 4.78 is 6.98. The Morgan fingerprint density at radius 3 is 2.81 bits per heavy atom. The second kappa shape index (κ2) is 5.00. The van der Waals surface area contributed by atoms with E-state index in [9.17, 15) is 0 Å². The van der Waals surface area contributed by atoms with Crippen molar-refractivity contribution in [2.45, 2.75) is 0 Å². The lowest BCUT2D eigenvalue weighted by atomic mass is 10.2. The van der Waals surface area contributed by atoms with Crippen molar-refractivity contribution in [3.63, 3.8) is 0 Å². The lowest BCUT2D eigenvalue weighted by Crippen LogP contribution is -2.01. The molecule has 0 saturated heterocycles. The molecule has 1 heterocycles. The third-order valence-corrected chi connectivity index (χ3v) is 3.51. The van der Waals surface area contributed by atoms with Crippen LogP contribution in [0.4, 0.5) is 5.95 Å². The Morgan fingerprint density at radius 1 is 1.29 bits per heavy atom. The van der Waals surface area contributed by atoms with Gasteiger partial charge in [0, 0.05) is 6.07 Å². The number of anilines is 1. The first-order valence-corrected chi connectivity index (χ1v) is 6.54. The van der Waals surface area contributed by atoms with Crippen LogP contribution in [-0.2, 0) is 0 Å². The lowest BCUT2D eigenvalue weighted by molar-refractivity contribution is 0.415. The summed E-state index contributed by atoms with van der Waals surface area (Å²) in [5.41, 5.74) is 8.80. The van der Waals surface area contributed by atoms with Crippen molar-refractivity contribution in [2.24, 2.45) is 0 Å². The number of imidazole rings is 1. The molecule has 0 fully saturated rings. The highest BCUT2D eigenvalue weighted by atomic mass is 35.5. The summed E-state index contributed by atoms with van der Waals surface area (Å²) in [4.78, 5) is 4.30. The van der Waals surface area contributed by atoms with Gasteiger partial charge in [0.1, 0.15) is 5.75 Å². The van der Waals surface area contributed by atoms with Crippen LogP contribution in [-0.4, -0.2) is 16.7 Å². The molecule has 3 rings (SSSR count). The first-order chi connectivity index (χ1) is 10.1. The maximum Gasteiger partial charge on any atom is 0.205 e. The third kappa shape index (κ3) is 2.16. The van der Waals surface area contributed by atoms with Crippen LogP contribution in [0.15, 0.2) is 36.4 Å². The van der Waals surface area contributed by atoms with E-state index < -0.39 is 0 Å². The van der Waals surface area contributed by atoms with Crippen molar-refractivity contribution in [1.29, 1.82) is 5.26 Å². The first-order valence-electron chi connectivity index (χ1n) is 6.16. The average Bonchev–Trinajstić information content (AvgIpc) is 2.82. The summed E-state index contributed by atoms with van der Waals surface area (Å²) in [6.45, 7) is 0. The van der Waals surface area contributed by atoms with Gasteiger partial charge in [-0.1, -0.05) is 11.6 Å². The van der Waals surface area contributed by atoms with Gasteiger partial charge < -0.3 is 10.5 Å². The Morgan fingerprint density at radius 2 is 2.10 bits per heavy atom. The smallest absolute Gasteiger partial charge is 0.205 e. The number of hydrogen-bond donors (Lipinski definition) is 1. The summed E-state index contributed by atoms with van der Waals surface area (Å²) in [5.74, 6) is 0.885. The van der Waals surface area contributed by atoms with Crippen molar-refractivity contribution >= 4 is 28.6 Å². The predicted molar refractivity (Wildman–Crippen MR) is 81.8 cm³/mol. The Balaban J connectivity index is 2.29. The molecule has 0 aliphatic heterocycles. The van der Waals surface area contributed by atoms with Crippen molar-refractivity contribution in [1.82, 2.24) is 9.55 Å². The molecule has 1 aromatic heterocycles. The van der Waals surface area contributed by atoms with Gasteiger partial charge in [-0.15, -0.1) is 0 Å². The fraction of sp³-hybridized carbons (Fsp3) is 0.0667. The number of benzene rings is 2. The molecule has 3 aromatic rings. The summed E-state index contributed by atoms with van der Waals surface area (Å²) in [6, 6.07) is 12.7. The maximum absolute atomic E-state index is 9.04. The first kappa shape index (κ1) is 13.3. The molecule has 0 atom stereocenters. The Labute approximate surface area is 126 Å². The molecule has 6 heteroatoms. The van der Waals surface area contributed by atoms with Crippen LogP contribution >= 0.6 is 11.6 Å². The van der Waals surface area contributed by atoms with Gasteiger partial charge in [0.25, 0.3) is 0 Å². The summed E-state index contributed by atoms with van der Waals surface area (Å²) in [6.07, 6.45) is 0. The summed E-state index contributed by atoms with van der Waals surface area (Å²) >= 11 is 6.04. The van der Waals surface area contributed by atoms with Crippen LogP contribution in [0.2, 0.25) is 5.02 Å². The van der Waals surface area contributed by atoms with E-state index in [1.54, 1.807) is 42.0 Å². The molecule has 0 spiro atoms. The predicted octanol–water partition coefficient (Wildman–Crippen LogP) is 3.14. The highest BCUT2D eigenvalue weighted by Crippen LogP contribution is 2.30. The fourth-order valence-electron chi connectivity index (χ4n) is 2.22. The minimum absolute atomic E-state index is 0.337. The zero-order valence-corrected chi connectivity index (χ0v) is 11.9. The average molecular weight is 299 g/mol. The Bertz CT molecular complexity index is 879. The monoisotopic (exact) mass is 298 g/mol. The van der Waals surface area contributed by atoms with Gasteiger partial charge >= 0.3 is 0 Å². The van der Waals surface area contributed by atoms with Crippen LogP contribution in [0, 0.1) is 11.3 Å².